The minimum Gasteiger partial charge on any atom is -0.444 e. The number of benzene rings is 1. The van der Waals surface area contributed by atoms with Crippen molar-refractivity contribution >= 4 is 53.0 Å². The molecule has 20 nitrogen and oxygen atoms in total. The van der Waals surface area contributed by atoms with Crippen LogP contribution in [0.2, 0.25) is 0 Å². The van der Waals surface area contributed by atoms with Crippen molar-refractivity contribution in [2.75, 3.05) is 71.4 Å². The molecule has 0 radical (unpaired) electrons. The lowest BCUT2D eigenvalue weighted by Gasteiger charge is -2.60. The summed E-state index contributed by atoms with van der Waals surface area (Å²) in [6, 6.07) is 0.543. The number of rotatable bonds is 10. The second-order valence-electron chi connectivity index (χ2n) is 17.6. The van der Waals surface area contributed by atoms with Gasteiger partial charge in [0.15, 0.2) is 11.5 Å². The van der Waals surface area contributed by atoms with Gasteiger partial charge in [0.05, 0.1) is 50.3 Å². The van der Waals surface area contributed by atoms with Crippen LogP contribution in [0, 0.1) is 11.8 Å². The number of carbonyl (C=O) groups excluding carboxylic acids is 7. The minimum absolute atomic E-state index is 0.0116. The van der Waals surface area contributed by atoms with Crippen molar-refractivity contribution in [3.8, 4) is 5.75 Å². The molecule has 1 aromatic rings. The van der Waals surface area contributed by atoms with Crippen molar-refractivity contribution in [3.05, 3.63) is 39.9 Å². The lowest BCUT2D eigenvalue weighted by Crippen LogP contribution is -2.74. The molecule has 2 heterocycles. The molecular formula is C43H57N5O15. The van der Waals surface area contributed by atoms with E-state index < -0.39 is 87.8 Å². The number of imide groups is 1. The fraction of sp³-hybridized carbons (Fsp3) is 0.605. The Morgan fingerprint density at radius 3 is 1.90 bits per heavy atom. The maximum absolute atomic E-state index is 14.6. The molecule has 63 heavy (non-hydrogen) atoms. The Morgan fingerprint density at radius 1 is 0.810 bits per heavy atom. The molecule has 0 aromatic heterocycles. The first-order valence-electron chi connectivity index (χ1n) is 20.6. The third-order valence-corrected chi connectivity index (χ3v) is 11.3. The van der Waals surface area contributed by atoms with Crippen molar-refractivity contribution in [2.24, 2.45) is 11.8 Å². The number of nitrogens with zero attached hydrogens (tertiary/aromatic N) is 2. The summed E-state index contributed by atoms with van der Waals surface area (Å²) in [5, 5.41) is 8.28. The van der Waals surface area contributed by atoms with Crippen LogP contribution in [-0.2, 0) is 78.9 Å². The zero-order chi connectivity index (χ0) is 46.6. The number of hydrogen-bond acceptors (Lipinski definition) is 18. The van der Waals surface area contributed by atoms with Crippen molar-refractivity contribution in [1.29, 1.82) is 0 Å². The number of anilines is 2. The summed E-state index contributed by atoms with van der Waals surface area (Å²) in [5.74, 6) is -13.0. The molecule has 2 saturated heterocycles. The van der Waals surface area contributed by atoms with Crippen LogP contribution in [0.15, 0.2) is 28.7 Å². The summed E-state index contributed by atoms with van der Waals surface area (Å²) in [6.45, 7) is 10.7. The first-order valence-corrected chi connectivity index (χ1v) is 20.6. The van der Waals surface area contributed by atoms with Crippen LogP contribution < -0.4 is 25.6 Å². The summed E-state index contributed by atoms with van der Waals surface area (Å²) >= 11 is 0. The topological polar surface area (TPSA) is 236 Å². The maximum atomic E-state index is 14.6. The van der Waals surface area contributed by atoms with E-state index in [1.807, 2.05) is 25.7 Å². The molecule has 3 amide bonds. The zero-order valence-electron chi connectivity index (χ0n) is 37.8. The van der Waals surface area contributed by atoms with E-state index >= 15 is 0 Å². The number of likely N-dealkylation sites (N-methyl/N-ethyl adjacent to an activating group) is 1. The van der Waals surface area contributed by atoms with Crippen LogP contribution in [0.25, 0.3) is 0 Å². The van der Waals surface area contributed by atoms with Crippen LogP contribution in [0.1, 0.15) is 72.9 Å². The Morgan fingerprint density at radius 2 is 1.40 bits per heavy atom. The van der Waals surface area contributed by atoms with Crippen LogP contribution in [0.3, 0.4) is 0 Å². The van der Waals surface area contributed by atoms with Gasteiger partial charge in [-0.05, 0) is 65.3 Å². The monoisotopic (exact) mass is 883 g/mol. The van der Waals surface area contributed by atoms with E-state index in [4.69, 9.17) is 37.9 Å². The molecule has 344 valence electrons. The van der Waals surface area contributed by atoms with Gasteiger partial charge >= 0.3 is 23.9 Å². The van der Waals surface area contributed by atoms with Gasteiger partial charge in [0, 0.05) is 71.4 Å². The highest BCUT2D eigenvalue weighted by atomic mass is 16.8. The average molecular weight is 884 g/mol. The van der Waals surface area contributed by atoms with Crippen LogP contribution in [0.5, 0.6) is 5.75 Å². The first kappa shape index (κ1) is 47.2. The molecule has 20 heteroatoms. The normalized spacial score (nSPS) is 24.3. The second kappa shape index (κ2) is 17.4. The average Bonchev–Trinajstić information content (AvgIpc) is 3.83. The molecule has 2 aliphatic heterocycles. The molecule has 0 bridgehead atoms. The van der Waals surface area contributed by atoms with Crippen LogP contribution in [-0.4, -0.2) is 131 Å². The van der Waals surface area contributed by atoms with Crippen molar-refractivity contribution in [2.45, 2.75) is 97.0 Å². The fourth-order valence-corrected chi connectivity index (χ4v) is 9.60. The zero-order valence-corrected chi connectivity index (χ0v) is 37.8. The maximum Gasteiger partial charge on any atom is 0.308 e. The molecule has 3 N–H and O–H groups in total. The van der Waals surface area contributed by atoms with Gasteiger partial charge in [0.1, 0.15) is 11.3 Å². The molecule has 6 rings (SSSR count). The lowest BCUT2D eigenvalue weighted by molar-refractivity contribution is -0.289. The summed E-state index contributed by atoms with van der Waals surface area (Å²) < 4.78 is 51.2. The predicted molar refractivity (Wildman–Crippen MR) is 220 cm³/mol. The molecule has 1 aromatic carbocycles. The van der Waals surface area contributed by atoms with Crippen LogP contribution >= 0.6 is 0 Å². The van der Waals surface area contributed by atoms with Gasteiger partial charge in [-0.25, -0.2) is 0 Å². The third kappa shape index (κ3) is 8.35. The predicted octanol–water partition coefficient (Wildman–Crippen LogP) is 1.68. The quantitative estimate of drug-likeness (QED) is 0.172. The largest absolute Gasteiger partial charge is 0.444 e. The molecule has 5 aliphatic rings. The third-order valence-electron chi connectivity index (χ3n) is 11.3. The van der Waals surface area contributed by atoms with E-state index in [1.165, 1.54) is 6.92 Å². The van der Waals surface area contributed by atoms with E-state index in [1.54, 1.807) is 39.2 Å². The summed E-state index contributed by atoms with van der Waals surface area (Å²) in [6.07, 6.45) is 0.134. The van der Waals surface area contributed by atoms with Crippen molar-refractivity contribution in [3.63, 3.8) is 0 Å². The Hall–Kier alpha value is -5.25. The number of carbonyl (C=O) groups is 7. The SMILES string of the molecule is CC(=O)NC(=O)C1=C(OC(C)=O)[C@@H](N(C)C)[C@@H]2C[C@@H]3Cc4c(N(C)C)cc(NC(=O)CNC(C)(C)C)c(OC(C)=O)c4C4(OCCO4)C3=C(OC(C)=O)[C@]2(OC(C)=O)C12OCCO2. The molecule has 0 saturated carbocycles. The van der Waals surface area contributed by atoms with Gasteiger partial charge in [0.2, 0.25) is 23.2 Å². The number of ether oxygens (including phenoxy) is 8. The van der Waals surface area contributed by atoms with E-state index in [-0.39, 0.29) is 79.9 Å². The molecule has 2 spiro atoms. The van der Waals surface area contributed by atoms with E-state index in [2.05, 4.69) is 16.0 Å². The Balaban J connectivity index is 1.80. The molecule has 2 fully saturated rings. The Kier molecular flexibility index (Phi) is 13.0. The highest BCUT2D eigenvalue weighted by Crippen LogP contribution is 2.66. The van der Waals surface area contributed by atoms with Crippen molar-refractivity contribution in [1.82, 2.24) is 15.5 Å². The molecular weight excluding hydrogens is 826 g/mol. The van der Waals surface area contributed by atoms with E-state index in [0.29, 0.717) is 11.3 Å². The fourth-order valence-electron chi connectivity index (χ4n) is 9.60. The highest BCUT2D eigenvalue weighted by molar-refractivity contribution is 6.06. The van der Waals surface area contributed by atoms with Crippen LogP contribution in [0.4, 0.5) is 11.4 Å². The Bertz CT molecular complexity index is 2180. The highest BCUT2D eigenvalue weighted by Gasteiger charge is 2.78. The number of nitrogens with one attached hydrogen (secondary N) is 3. The molecule has 3 aliphatic carbocycles. The van der Waals surface area contributed by atoms with Crippen molar-refractivity contribution < 1.29 is 71.5 Å². The molecule has 4 atom stereocenters. The first-order chi connectivity index (χ1) is 29.4. The standard InChI is InChI=1S/C43H57N5O15/c1-21(49)45-39(55)34-37(61-23(3)51)35(48(11)12)28-18-26-17-27-30(47(9)10)19-29(46-31(54)20-44-40(6,7)8)36(60-22(2)50)33(27)42(56-13-14-57-42)32(26)38(62-24(4)52)41(28,63-25(5)53)43(34)58-15-16-59-43/h19,26,28,35,44H,13-18,20H2,1-12H3,(H,46,54)(H,45,49,55)/t26-,28-,35-,41-/m0/s1. The van der Waals surface area contributed by atoms with E-state index in [0.717, 1.165) is 27.7 Å². The van der Waals surface area contributed by atoms with Gasteiger partial charge in [-0.1, -0.05) is 0 Å². The Labute approximate surface area is 365 Å². The minimum atomic E-state index is -2.56. The number of esters is 4. The van der Waals surface area contributed by atoms with Gasteiger partial charge < -0.3 is 53.4 Å². The van der Waals surface area contributed by atoms with Gasteiger partial charge in [-0.15, -0.1) is 0 Å². The summed E-state index contributed by atoms with van der Waals surface area (Å²) in [5.41, 5.74) is -1.90. The number of amides is 3. The van der Waals surface area contributed by atoms with Gasteiger partial charge in [-0.2, -0.15) is 0 Å². The number of fused-ring (bicyclic) bond motifs is 6. The summed E-state index contributed by atoms with van der Waals surface area (Å²) in [7, 11) is 6.89. The summed E-state index contributed by atoms with van der Waals surface area (Å²) in [4.78, 5) is 97.8. The molecule has 0 unspecified atom stereocenters. The smallest absolute Gasteiger partial charge is 0.308 e. The number of hydrogen-bond donors (Lipinski definition) is 3. The second-order valence-corrected chi connectivity index (χ2v) is 17.6. The van der Waals surface area contributed by atoms with E-state index in [9.17, 15) is 33.6 Å². The lowest BCUT2D eigenvalue weighted by atomic mass is 9.55. The van der Waals surface area contributed by atoms with Gasteiger partial charge in [-0.3, -0.25) is 43.8 Å². The van der Waals surface area contributed by atoms with Gasteiger partial charge in [0.25, 0.3) is 11.7 Å².